The van der Waals surface area contributed by atoms with Crippen molar-refractivity contribution in [2.45, 2.75) is 25.4 Å². The van der Waals surface area contributed by atoms with Crippen LogP contribution in [0.5, 0.6) is 0 Å². The molecule has 0 aromatic carbocycles. The van der Waals surface area contributed by atoms with Crippen molar-refractivity contribution in [1.82, 2.24) is 15.5 Å². The Morgan fingerprint density at radius 2 is 2.29 bits per heavy atom. The zero-order chi connectivity index (χ0) is 12.1. The molecule has 94 valence electrons. The first-order valence-electron chi connectivity index (χ1n) is 5.99. The Bertz CT molecular complexity index is 345. The molecule has 0 saturated carbocycles. The highest BCUT2D eigenvalue weighted by Crippen LogP contribution is 2.07. The fraction of sp³-hybridized carbons (Fsp3) is 0.583. The Morgan fingerprint density at radius 1 is 1.53 bits per heavy atom. The number of hydrogen-bond acceptors (Lipinski definition) is 3. The first-order valence-corrected chi connectivity index (χ1v) is 6.40. The fourth-order valence-electron chi connectivity index (χ4n) is 1.97. The molecule has 1 aromatic heterocycles. The molecule has 2 N–H and O–H groups in total. The van der Waals surface area contributed by atoms with Gasteiger partial charge in [0.2, 0.25) is 0 Å². The minimum atomic E-state index is 0.503. The minimum absolute atomic E-state index is 0.503. The van der Waals surface area contributed by atoms with E-state index in [0.29, 0.717) is 12.6 Å². The molecule has 1 aliphatic heterocycles. The van der Waals surface area contributed by atoms with Crippen LogP contribution in [0, 0.1) is 0 Å². The summed E-state index contributed by atoms with van der Waals surface area (Å²) in [7, 11) is 2.16. The van der Waals surface area contributed by atoms with Crippen LogP contribution in [0.4, 0.5) is 0 Å². The molecule has 1 aromatic rings. The molecular formula is C12H19N3OS. The van der Waals surface area contributed by atoms with E-state index < -0.39 is 0 Å². The first kappa shape index (κ1) is 12.4. The summed E-state index contributed by atoms with van der Waals surface area (Å²) in [4.78, 5) is 2.34. The van der Waals surface area contributed by atoms with Crippen molar-refractivity contribution >= 4 is 17.3 Å². The van der Waals surface area contributed by atoms with Crippen molar-refractivity contribution in [2.75, 3.05) is 20.1 Å². The molecule has 0 amide bonds. The Balaban J connectivity index is 1.67. The molecule has 5 heteroatoms. The van der Waals surface area contributed by atoms with E-state index in [1.54, 1.807) is 6.26 Å². The van der Waals surface area contributed by atoms with Crippen molar-refractivity contribution in [1.29, 1.82) is 0 Å². The second-order valence-electron chi connectivity index (χ2n) is 4.48. The normalized spacial score (nSPS) is 17.9. The maximum atomic E-state index is 5.26. The van der Waals surface area contributed by atoms with Crippen LogP contribution in [0.3, 0.4) is 0 Å². The van der Waals surface area contributed by atoms with Gasteiger partial charge in [-0.1, -0.05) is 0 Å². The van der Waals surface area contributed by atoms with Gasteiger partial charge in [-0.05, 0) is 57.3 Å². The topological polar surface area (TPSA) is 40.4 Å². The molecule has 0 radical (unpaired) electrons. The number of likely N-dealkylation sites (tertiary alicyclic amines) is 1. The molecule has 0 unspecified atom stereocenters. The Hall–Kier alpha value is -1.07. The molecule has 0 atom stereocenters. The molecule has 4 nitrogen and oxygen atoms in total. The standard InChI is InChI=1S/C12H19N3OS/c1-15-6-4-10(5-7-15)14-12(17)13-9-11-3-2-8-16-11/h2-3,8,10H,4-7,9H2,1H3,(H2,13,14,17). The largest absolute Gasteiger partial charge is 0.467 e. The molecule has 0 bridgehead atoms. The van der Waals surface area contributed by atoms with Gasteiger partial charge in [0.1, 0.15) is 5.76 Å². The molecule has 2 rings (SSSR count). The third-order valence-corrected chi connectivity index (χ3v) is 3.32. The maximum absolute atomic E-state index is 5.26. The van der Waals surface area contributed by atoms with Crippen molar-refractivity contribution in [3.8, 4) is 0 Å². The molecule has 0 spiro atoms. The lowest BCUT2D eigenvalue weighted by Crippen LogP contribution is -2.46. The average molecular weight is 253 g/mol. The molecule has 2 heterocycles. The van der Waals surface area contributed by atoms with E-state index in [1.165, 1.54) is 0 Å². The van der Waals surface area contributed by atoms with E-state index in [9.17, 15) is 0 Å². The Kier molecular flexibility index (Phi) is 4.39. The zero-order valence-electron chi connectivity index (χ0n) is 10.1. The number of furan rings is 1. The number of thiocarbonyl (C=S) groups is 1. The van der Waals surface area contributed by atoms with E-state index in [1.807, 2.05) is 12.1 Å². The van der Waals surface area contributed by atoms with Gasteiger partial charge in [-0.15, -0.1) is 0 Å². The highest BCUT2D eigenvalue weighted by Gasteiger charge is 2.16. The van der Waals surface area contributed by atoms with Crippen LogP contribution in [0.25, 0.3) is 0 Å². The Morgan fingerprint density at radius 3 is 2.94 bits per heavy atom. The minimum Gasteiger partial charge on any atom is -0.467 e. The van der Waals surface area contributed by atoms with Crippen LogP contribution in [-0.4, -0.2) is 36.2 Å². The highest BCUT2D eigenvalue weighted by molar-refractivity contribution is 7.80. The van der Waals surface area contributed by atoms with Crippen LogP contribution in [0.2, 0.25) is 0 Å². The molecule has 1 aliphatic rings. The van der Waals surface area contributed by atoms with E-state index >= 15 is 0 Å². The monoisotopic (exact) mass is 253 g/mol. The summed E-state index contributed by atoms with van der Waals surface area (Å²) in [5.74, 6) is 0.900. The van der Waals surface area contributed by atoms with Crippen molar-refractivity contribution < 1.29 is 4.42 Å². The van der Waals surface area contributed by atoms with Gasteiger partial charge in [-0.3, -0.25) is 0 Å². The van der Waals surface area contributed by atoms with Crippen molar-refractivity contribution in [3.05, 3.63) is 24.2 Å². The van der Waals surface area contributed by atoms with Gasteiger partial charge in [-0.2, -0.15) is 0 Å². The SMILES string of the molecule is CN1CCC(NC(=S)NCc2ccco2)CC1. The smallest absolute Gasteiger partial charge is 0.166 e. The number of rotatable bonds is 3. The van der Waals surface area contributed by atoms with Gasteiger partial charge in [0.05, 0.1) is 12.8 Å². The van der Waals surface area contributed by atoms with Crippen molar-refractivity contribution in [3.63, 3.8) is 0 Å². The van der Waals surface area contributed by atoms with E-state index in [4.69, 9.17) is 16.6 Å². The second kappa shape index (κ2) is 6.02. The summed E-state index contributed by atoms with van der Waals surface area (Å²) in [6, 6.07) is 4.32. The third-order valence-electron chi connectivity index (χ3n) is 3.06. The summed E-state index contributed by atoms with van der Waals surface area (Å²) in [6.07, 6.45) is 3.97. The average Bonchev–Trinajstić information content (AvgIpc) is 2.83. The summed E-state index contributed by atoms with van der Waals surface area (Å²) < 4.78 is 5.23. The lowest BCUT2D eigenvalue weighted by atomic mass is 10.1. The lowest BCUT2D eigenvalue weighted by molar-refractivity contribution is 0.246. The fourth-order valence-corrected chi connectivity index (χ4v) is 2.21. The van der Waals surface area contributed by atoms with Gasteiger partial charge in [0, 0.05) is 6.04 Å². The summed E-state index contributed by atoms with van der Waals surface area (Å²) in [6.45, 7) is 2.92. The van der Waals surface area contributed by atoms with Crippen LogP contribution in [0.1, 0.15) is 18.6 Å². The predicted molar refractivity (Wildman–Crippen MR) is 71.8 cm³/mol. The first-order chi connectivity index (χ1) is 8.24. The third kappa shape index (κ3) is 4.02. The van der Waals surface area contributed by atoms with Crippen molar-refractivity contribution in [2.24, 2.45) is 0 Å². The Labute approximate surface area is 107 Å². The molecule has 1 saturated heterocycles. The van der Waals surface area contributed by atoms with Gasteiger partial charge in [0.15, 0.2) is 5.11 Å². The van der Waals surface area contributed by atoms with Crippen LogP contribution in [-0.2, 0) is 6.54 Å². The van der Waals surface area contributed by atoms with E-state index in [-0.39, 0.29) is 0 Å². The van der Waals surface area contributed by atoms with Gasteiger partial charge < -0.3 is 20.0 Å². The zero-order valence-corrected chi connectivity index (χ0v) is 10.9. The predicted octanol–water partition coefficient (Wildman–Crippen LogP) is 1.34. The molecule has 17 heavy (non-hydrogen) atoms. The number of hydrogen-bond donors (Lipinski definition) is 2. The molecule has 1 fully saturated rings. The van der Waals surface area contributed by atoms with Gasteiger partial charge in [0.25, 0.3) is 0 Å². The summed E-state index contributed by atoms with van der Waals surface area (Å²) in [5, 5.41) is 7.23. The second-order valence-corrected chi connectivity index (χ2v) is 4.89. The molecular weight excluding hydrogens is 234 g/mol. The number of nitrogens with one attached hydrogen (secondary N) is 2. The quantitative estimate of drug-likeness (QED) is 0.796. The van der Waals surface area contributed by atoms with Gasteiger partial charge in [-0.25, -0.2) is 0 Å². The summed E-state index contributed by atoms with van der Waals surface area (Å²) in [5.41, 5.74) is 0. The number of piperidine rings is 1. The number of nitrogens with zero attached hydrogens (tertiary/aromatic N) is 1. The maximum Gasteiger partial charge on any atom is 0.166 e. The van der Waals surface area contributed by atoms with Crippen LogP contribution >= 0.6 is 12.2 Å². The van der Waals surface area contributed by atoms with Crippen LogP contribution in [0.15, 0.2) is 22.8 Å². The van der Waals surface area contributed by atoms with E-state index in [2.05, 4.69) is 22.6 Å². The lowest BCUT2D eigenvalue weighted by Gasteiger charge is -2.30. The van der Waals surface area contributed by atoms with Crippen LogP contribution < -0.4 is 10.6 Å². The van der Waals surface area contributed by atoms with Gasteiger partial charge >= 0.3 is 0 Å². The molecule has 0 aliphatic carbocycles. The highest BCUT2D eigenvalue weighted by atomic mass is 32.1. The van der Waals surface area contributed by atoms with E-state index in [0.717, 1.165) is 36.8 Å². The summed E-state index contributed by atoms with van der Waals surface area (Å²) >= 11 is 5.26.